The van der Waals surface area contributed by atoms with E-state index < -0.39 is 0 Å². The Morgan fingerprint density at radius 3 is 2.38 bits per heavy atom. The number of ether oxygens (including phenoxy) is 1. The molecule has 1 aromatic carbocycles. The molecule has 2 fully saturated rings. The van der Waals surface area contributed by atoms with Crippen LogP contribution in [0.1, 0.15) is 13.3 Å². The molecule has 2 aliphatic rings. The first kappa shape index (κ1) is 26.1. The Bertz CT molecular complexity index is 799. The van der Waals surface area contributed by atoms with E-state index in [0.717, 1.165) is 25.3 Å². The van der Waals surface area contributed by atoms with Gasteiger partial charge in [0.1, 0.15) is 5.82 Å². The molecule has 0 aliphatic carbocycles. The van der Waals surface area contributed by atoms with Crippen LogP contribution in [-0.2, 0) is 14.3 Å². The third-order valence-corrected chi connectivity index (χ3v) is 6.07. The van der Waals surface area contributed by atoms with Gasteiger partial charge in [0.05, 0.1) is 13.0 Å². The number of nitrogens with one attached hydrogen (secondary N) is 1. The number of guanidine groups is 1. The molecule has 178 valence electrons. The molecule has 1 N–H and O–H groups in total. The maximum atomic E-state index is 13.1. The summed E-state index contributed by atoms with van der Waals surface area (Å²) in [6.07, 6.45) is 0.374. The van der Waals surface area contributed by atoms with E-state index in [9.17, 15) is 14.0 Å². The van der Waals surface area contributed by atoms with Crippen molar-refractivity contribution >= 4 is 47.5 Å². The molecular weight excluding hydrogens is 528 g/mol. The lowest BCUT2D eigenvalue weighted by Crippen LogP contribution is -2.49. The third kappa shape index (κ3) is 6.46. The number of anilines is 1. The van der Waals surface area contributed by atoms with Crippen LogP contribution in [-0.4, -0.2) is 87.6 Å². The number of likely N-dealkylation sites (tertiary alicyclic amines) is 1. The van der Waals surface area contributed by atoms with Crippen molar-refractivity contribution in [2.24, 2.45) is 16.8 Å². The number of halogens is 2. The van der Waals surface area contributed by atoms with Gasteiger partial charge in [0.2, 0.25) is 5.91 Å². The van der Waals surface area contributed by atoms with Crippen LogP contribution < -0.4 is 10.2 Å². The predicted octanol–water partition coefficient (Wildman–Crippen LogP) is 1.80. The van der Waals surface area contributed by atoms with Crippen molar-refractivity contribution in [2.75, 3.05) is 64.9 Å². The second-order valence-corrected chi connectivity index (χ2v) is 8.08. The maximum Gasteiger partial charge on any atom is 0.310 e. The number of benzene rings is 1. The molecule has 0 spiro atoms. The number of esters is 1. The Labute approximate surface area is 206 Å². The molecule has 8 nitrogen and oxygen atoms in total. The summed E-state index contributed by atoms with van der Waals surface area (Å²) in [5, 5.41) is 3.25. The molecule has 2 unspecified atom stereocenters. The van der Waals surface area contributed by atoms with Gasteiger partial charge < -0.3 is 24.8 Å². The molecule has 2 atom stereocenters. The fourth-order valence-corrected chi connectivity index (χ4v) is 4.24. The quantitative estimate of drug-likeness (QED) is 0.256. The lowest BCUT2D eigenvalue weighted by Gasteiger charge is -2.36. The summed E-state index contributed by atoms with van der Waals surface area (Å²) >= 11 is 0. The number of aliphatic imine (C=N–C) groups is 1. The summed E-state index contributed by atoms with van der Waals surface area (Å²) in [6.45, 7) is 6.55. The van der Waals surface area contributed by atoms with Crippen molar-refractivity contribution < 1.29 is 18.7 Å². The number of methoxy groups -OCH3 is 1. The van der Waals surface area contributed by atoms with Gasteiger partial charge in [0, 0.05) is 65.0 Å². The molecule has 0 bridgehead atoms. The minimum atomic E-state index is -0.246. The van der Waals surface area contributed by atoms with Crippen LogP contribution in [0.25, 0.3) is 0 Å². The first-order valence-electron chi connectivity index (χ1n) is 10.7. The van der Waals surface area contributed by atoms with Crippen LogP contribution in [0.4, 0.5) is 10.1 Å². The monoisotopic (exact) mass is 561 g/mol. The highest BCUT2D eigenvalue weighted by Gasteiger charge is 2.36. The Balaban J connectivity index is 0.00000363. The van der Waals surface area contributed by atoms with Gasteiger partial charge in [0.15, 0.2) is 5.96 Å². The first-order chi connectivity index (χ1) is 14.9. The molecule has 2 heterocycles. The molecule has 2 saturated heterocycles. The van der Waals surface area contributed by atoms with Gasteiger partial charge in [-0.15, -0.1) is 24.0 Å². The Morgan fingerprint density at radius 1 is 1.12 bits per heavy atom. The Hall–Kier alpha value is -2.11. The van der Waals surface area contributed by atoms with Crippen molar-refractivity contribution in [2.45, 2.75) is 13.3 Å². The Kier molecular flexibility index (Phi) is 9.98. The van der Waals surface area contributed by atoms with E-state index >= 15 is 0 Å². The van der Waals surface area contributed by atoms with Gasteiger partial charge in [-0.25, -0.2) is 4.39 Å². The summed E-state index contributed by atoms with van der Waals surface area (Å²) < 4.78 is 18.0. The van der Waals surface area contributed by atoms with Crippen molar-refractivity contribution in [3.63, 3.8) is 0 Å². The fraction of sp³-hybridized carbons (Fsp3) is 0.591. The normalized spacial score (nSPS) is 21.2. The molecule has 10 heteroatoms. The predicted molar refractivity (Wildman–Crippen MR) is 133 cm³/mol. The number of piperazine rings is 1. The molecular formula is C22H33FIN5O3. The van der Waals surface area contributed by atoms with E-state index in [2.05, 4.69) is 15.2 Å². The van der Waals surface area contributed by atoms with E-state index in [1.807, 2.05) is 16.7 Å². The highest BCUT2D eigenvalue weighted by molar-refractivity contribution is 14.0. The van der Waals surface area contributed by atoms with Gasteiger partial charge in [-0.1, -0.05) is 6.92 Å². The number of carbonyl (C=O) groups is 2. The van der Waals surface area contributed by atoms with Crippen LogP contribution in [0.5, 0.6) is 0 Å². The lowest BCUT2D eigenvalue weighted by atomic mass is 9.99. The van der Waals surface area contributed by atoms with Gasteiger partial charge in [-0.05, 0) is 30.2 Å². The number of rotatable bonds is 5. The van der Waals surface area contributed by atoms with Crippen LogP contribution in [0.15, 0.2) is 29.3 Å². The second-order valence-electron chi connectivity index (χ2n) is 8.08. The molecule has 0 saturated carbocycles. The van der Waals surface area contributed by atoms with Crippen LogP contribution in [0.2, 0.25) is 0 Å². The number of hydrogen-bond acceptors (Lipinski definition) is 5. The smallest absolute Gasteiger partial charge is 0.310 e. The standard InChI is InChI=1S/C22H32FN5O3.HI/c1-16-14-28(15-19(16)21(30)31-3)22(24-2)25-9-8-20(29)27-12-10-26(11-13-27)18-6-4-17(23)5-7-18;/h4-7,16,19H,8-15H2,1-3H3,(H,24,25);1H. The second kappa shape index (κ2) is 12.2. The highest BCUT2D eigenvalue weighted by atomic mass is 127. The van der Waals surface area contributed by atoms with Gasteiger partial charge >= 0.3 is 5.97 Å². The molecule has 32 heavy (non-hydrogen) atoms. The van der Waals surface area contributed by atoms with E-state index in [1.165, 1.54) is 19.2 Å². The highest BCUT2D eigenvalue weighted by Crippen LogP contribution is 2.24. The maximum absolute atomic E-state index is 13.1. The number of carbonyl (C=O) groups excluding carboxylic acids is 2. The largest absolute Gasteiger partial charge is 0.469 e. The fourth-order valence-electron chi connectivity index (χ4n) is 4.24. The van der Waals surface area contributed by atoms with Crippen LogP contribution >= 0.6 is 24.0 Å². The van der Waals surface area contributed by atoms with E-state index in [0.29, 0.717) is 38.6 Å². The molecule has 3 rings (SSSR count). The topological polar surface area (TPSA) is 77.5 Å². The molecule has 0 radical (unpaired) electrons. The summed E-state index contributed by atoms with van der Waals surface area (Å²) in [7, 11) is 3.12. The van der Waals surface area contributed by atoms with Crippen LogP contribution in [0, 0.1) is 17.7 Å². The molecule has 1 aromatic rings. The van der Waals surface area contributed by atoms with Crippen molar-refractivity contribution in [1.82, 2.24) is 15.1 Å². The minimum Gasteiger partial charge on any atom is -0.469 e. The van der Waals surface area contributed by atoms with Crippen molar-refractivity contribution in [3.05, 3.63) is 30.1 Å². The minimum absolute atomic E-state index is 0. The van der Waals surface area contributed by atoms with Crippen molar-refractivity contribution in [1.29, 1.82) is 0 Å². The Morgan fingerprint density at radius 2 is 1.78 bits per heavy atom. The van der Waals surface area contributed by atoms with Crippen molar-refractivity contribution in [3.8, 4) is 0 Å². The SMILES string of the molecule is CN=C(NCCC(=O)N1CCN(c2ccc(F)cc2)CC1)N1CC(C)C(C(=O)OC)C1.I. The number of amides is 1. The zero-order valence-corrected chi connectivity index (χ0v) is 21.3. The molecule has 1 amide bonds. The average Bonchev–Trinajstić information content (AvgIpc) is 3.18. The van der Waals surface area contributed by atoms with Gasteiger partial charge in [-0.3, -0.25) is 14.6 Å². The average molecular weight is 561 g/mol. The first-order valence-corrected chi connectivity index (χ1v) is 10.7. The van der Waals surface area contributed by atoms with Gasteiger partial charge in [-0.2, -0.15) is 0 Å². The lowest BCUT2D eigenvalue weighted by molar-refractivity contribution is -0.146. The summed E-state index contributed by atoms with van der Waals surface area (Å²) in [5.74, 6) is 0.383. The summed E-state index contributed by atoms with van der Waals surface area (Å²) in [5.41, 5.74) is 0.976. The molecule has 0 aromatic heterocycles. The van der Waals surface area contributed by atoms with E-state index in [4.69, 9.17) is 4.74 Å². The zero-order valence-electron chi connectivity index (χ0n) is 18.9. The van der Waals surface area contributed by atoms with E-state index in [1.54, 1.807) is 19.2 Å². The number of nitrogens with zero attached hydrogens (tertiary/aromatic N) is 4. The molecule has 2 aliphatic heterocycles. The van der Waals surface area contributed by atoms with Crippen LogP contribution in [0.3, 0.4) is 0 Å². The third-order valence-electron chi connectivity index (χ3n) is 6.07. The summed E-state index contributed by atoms with van der Waals surface area (Å²) in [6, 6.07) is 6.46. The zero-order chi connectivity index (χ0) is 22.4. The number of hydrogen-bond donors (Lipinski definition) is 1. The van der Waals surface area contributed by atoms with E-state index in [-0.39, 0.29) is 53.5 Å². The van der Waals surface area contributed by atoms with Gasteiger partial charge in [0.25, 0.3) is 0 Å². The summed E-state index contributed by atoms with van der Waals surface area (Å²) in [4.78, 5) is 34.9.